The van der Waals surface area contributed by atoms with Gasteiger partial charge in [-0.25, -0.2) is 4.98 Å². The molecule has 0 aromatic carbocycles. The van der Waals surface area contributed by atoms with Crippen molar-refractivity contribution in [3.8, 4) is 5.88 Å². The topological polar surface area (TPSA) is 92.9 Å². The number of nitrogens with two attached hydrogens (primary N) is 1. The standard InChI is InChI=1S/C16H19F3N2O5/c1-7-10-12(26-15(2,3)25-10)11(13(23-7)14(20)22)24-9-6-4-5-8(21-9)16(17,18)19/h4-7,10-13H,1-3H3,(H2,20,22)/t7-,10+,11-,12+,13+/m1/s1. The van der Waals surface area contributed by atoms with Gasteiger partial charge in [0.25, 0.3) is 5.91 Å². The number of carbonyl (C=O) groups excluding carboxylic acids is 1. The molecule has 2 aliphatic heterocycles. The van der Waals surface area contributed by atoms with E-state index in [4.69, 9.17) is 24.7 Å². The van der Waals surface area contributed by atoms with Crippen LogP contribution in [-0.2, 0) is 25.2 Å². The van der Waals surface area contributed by atoms with Crippen LogP contribution in [0, 0.1) is 0 Å². The van der Waals surface area contributed by atoms with Crippen LogP contribution < -0.4 is 10.5 Å². The van der Waals surface area contributed by atoms with Gasteiger partial charge in [-0.15, -0.1) is 0 Å². The molecule has 2 saturated heterocycles. The summed E-state index contributed by atoms with van der Waals surface area (Å²) in [6.07, 6.45) is -8.81. The molecule has 1 aromatic rings. The third-order valence-corrected chi connectivity index (χ3v) is 4.16. The molecule has 1 aromatic heterocycles. The van der Waals surface area contributed by atoms with Gasteiger partial charge in [0, 0.05) is 6.07 Å². The predicted octanol–water partition coefficient (Wildman–Crippen LogP) is 1.64. The molecule has 0 radical (unpaired) electrons. The van der Waals surface area contributed by atoms with Crippen molar-refractivity contribution >= 4 is 5.91 Å². The molecule has 26 heavy (non-hydrogen) atoms. The number of alkyl halides is 3. The highest BCUT2D eigenvalue weighted by molar-refractivity contribution is 5.80. The molecule has 3 rings (SSSR count). The lowest BCUT2D eigenvalue weighted by Gasteiger charge is -2.39. The van der Waals surface area contributed by atoms with Crippen LogP contribution in [-0.4, -0.2) is 47.2 Å². The summed E-state index contributed by atoms with van der Waals surface area (Å²) in [5, 5.41) is 0. The summed E-state index contributed by atoms with van der Waals surface area (Å²) < 4.78 is 61.3. The Morgan fingerprint density at radius 2 is 1.92 bits per heavy atom. The van der Waals surface area contributed by atoms with Gasteiger partial charge in [-0.1, -0.05) is 6.07 Å². The van der Waals surface area contributed by atoms with Crippen molar-refractivity contribution in [3.63, 3.8) is 0 Å². The smallest absolute Gasteiger partial charge is 0.433 e. The van der Waals surface area contributed by atoms with Crippen LogP contribution in [0.4, 0.5) is 13.2 Å². The molecular weight excluding hydrogens is 357 g/mol. The molecule has 0 saturated carbocycles. The van der Waals surface area contributed by atoms with Crippen LogP contribution in [0.15, 0.2) is 18.2 Å². The van der Waals surface area contributed by atoms with Crippen LogP contribution in [0.5, 0.6) is 5.88 Å². The minimum Gasteiger partial charge on any atom is -0.468 e. The van der Waals surface area contributed by atoms with Crippen molar-refractivity contribution in [2.75, 3.05) is 0 Å². The van der Waals surface area contributed by atoms with E-state index in [2.05, 4.69) is 4.98 Å². The maximum Gasteiger partial charge on any atom is 0.433 e. The summed E-state index contributed by atoms with van der Waals surface area (Å²) in [6, 6.07) is 3.23. The molecule has 10 heteroatoms. The van der Waals surface area contributed by atoms with Crippen molar-refractivity contribution in [1.82, 2.24) is 4.98 Å². The number of amides is 1. The monoisotopic (exact) mass is 376 g/mol. The number of primary amides is 1. The summed E-state index contributed by atoms with van der Waals surface area (Å²) in [5.74, 6) is -2.11. The molecule has 2 N–H and O–H groups in total. The van der Waals surface area contributed by atoms with E-state index in [1.807, 2.05) is 0 Å². The van der Waals surface area contributed by atoms with E-state index in [0.717, 1.165) is 12.1 Å². The molecule has 1 amide bonds. The van der Waals surface area contributed by atoms with E-state index in [1.54, 1.807) is 20.8 Å². The fourth-order valence-electron chi connectivity index (χ4n) is 3.13. The third kappa shape index (κ3) is 3.62. The fraction of sp³-hybridized carbons (Fsp3) is 0.625. The first-order valence-electron chi connectivity index (χ1n) is 7.99. The van der Waals surface area contributed by atoms with Gasteiger partial charge in [-0.3, -0.25) is 4.79 Å². The summed E-state index contributed by atoms with van der Waals surface area (Å²) in [6.45, 7) is 5.05. The van der Waals surface area contributed by atoms with Crippen LogP contribution in [0.25, 0.3) is 0 Å². The Labute approximate surface area is 147 Å². The second kappa shape index (κ2) is 6.36. The lowest BCUT2D eigenvalue weighted by Crippen LogP contribution is -2.61. The lowest BCUT2D eigenvalue weighted by molar-refractivity contribution is -0.182. The van der Waals surface area contributed by atoms with E-state index < -0.39 is 54.1 Å². The van der Waals surface area contributed by atoms with Gasteiger partial charge in [-0.2, -0.15) is 13.2 Å². The van der Waals surface area contributed by atoms with Gasteiger partial charge in [0.05, 0.1) is 6.10 Å². The third-order valence-electron chi connectivity index (χ3n) is 4.16. The number of carbonyl (C=O) groups is 1. The lowest BCUT2D eigenvalue weighted by atomic mass is 9.95. The molecular formula is C16H19F3N2O5. The Kier molecular flexibility index (Phi) is 4.62. The zero-order valence-electron chi connectivity index (χ0n) is 14.3. The summed E-state index contributed by atoms with van der Waals surface area (Å²) in [7, 11) is 0. The molecule has 0 unspecified atom stereocenters. The molecule has 3 heterocycles. The van der Waals surface area contributed by atoms with Crippen molar-refractivity contribution in [2.45, 2.75) is 63.3 Å². The quantitative estimate of drug-likeness (QED) is 0.862. The van der Waals surface area contributed by atoms with E-state index >= 15 is 0 Å². The first-order chi connectivity index (χ1) is 12.0. The molecule has 0 aliphatic carbocycles. The summed E-state index contributed by atoms with van der Waals surface area (Å²) >= 11 is 0. The number of halogens is 3. The minimum absolute atomic E-state index is 0.318. The molecule has 144 valence electrons. The fourth-order valence-corrected chi connectivity index (χ4v) is 3.13. The highest BCUT2D eigenvalue weighted by atomic mass is 19.4. The van der Waals surface area contributed by atoms with E-state index in [9.17, 15) is 18.0 Å². The van der Waals surface area contributed by atoms with Crippen molar-refractivity contribution in [3.05, 3.63) is 23.9 Å². The number of ether oxygens (including phenoxy) is 4. The van der Waals surface area contributed by atoms with Gasteiger partial charge >= 0.3 is 6.18 Å². The maximum absolute atomic E-state index is 12.9. The SMILES string of the molecule is C[C@H]1O[C@H](C(N)=O)[C@H](Oc2cccc(C(F)(F)F)n2)[C@H]2OC(C)(C)O[C@H]21. The van der Waals surface area contributed by atoms with Gasteiger partial charge in [0.15, 0.2) is 18.0 Å². The van der Waals surface area contributed by atoms with Crippen LogP contribution in [0.3, 0.4) is 0 Å². The average Bonchev–Trinajstić information content (AvgIpc) is 2.85. The Morgan fingerprint density at radius 3 is 2.54 bits per heavy atom. The number of hydrogen-bond acceptors (Lipinski definition) is 6. The Hall–Kier alpha value is -1.91. The number of hydrogen-bond donors (Lipinski definition) is 1. The Bertz CT molecular complexity index is 697. The molecule has 0 bridgehead atoms. The zero-order valence-corrected chi connectivity index (χ0v) is 14.3. The molecule has 0 spiro atoms. The molecule has 2 fully saturated rings. The second-order valence-corrected chi connectivity index (χ2v) is 6.67. The molecule has 2 aliphatic rings. The summed E-state index contributed by atoms with van der Waals surface area (Å²) in [5.41, 5.74) is 4.27. The number of nitrogens with zero attached hydrogens (tertiary/aromatic N) is 1. The van der Waals surface area contributed by atoms with Gasteiger partial charge in [0.1, 0.15) is 17.9 Å². The largest absolute Gasteiger partial charge is 0.468 e. The van der Waals surface area contributed by atoms with Crippen molar-refractivity contribution in [1.29, 1.82) is 0 Å². The average molecular weight is 376 g/mol. The van der Waals surface area contributed by atoms with Crippen LogP contribution in [0.2, 0.25) is 0 Å². The van der Waals surface area contributed by atoms with Gasteiger partial charge in [0.2, 0.25) is 5.88 Å². The number of fused-ring (bicyclic) bond motifs is 1. The van der Waals surface area contributed by atoms with E-state index in [-0.39, 0.29) is 5.88 Å². The second-order valence-electron chi connectivity index (χ2n) is 6.67. The predicted molar refractivity (Wildman–Crippen MR) is 81.0 cm³/mol. The van der Waals surface area contributed by atoms with E-state index in [0.29, 0.717) is 0 Å². The van der Waals surface area contributed by atoms with Crippen molar-refractivity contribution in [2.24, 2.45) is 5.73 Å². The van der Waals surface area contributed by atoms with E-state index in [1.165, 1.54) is 6.07 Å². The zero-order chi connectivity index (χ0) is 19.3. The highest BCUT2D eigenvalue weighted by Gasteiger charge is 2.56. The van der Waals surface area contributed by atoms with Crippen LogP contribution >= 0.6 is 0 Å². The highest BCUT2D eigenvalue weighted by Crippen LogP contribution is 2.39. The van der Waals surface area contributed by atoms with Crippen molar-refractivity contribution < 1.29 is 36.9 Å². The van der Waals surface area contributed by atoms with Crippen LogP contribution in [0.1, 0.15) is 26.5 Å². The first kappa shape index (κ1) is 18.9. The molecule has 5 atom stereocenters. The van der Waals surface area contributed by atoms with Gasteiger partial charge < -0.3 is 24.7 Å². The first-order valence-corrected chi connectivity index (χ1v) is 7.99. The molecule has 7 nitrogen and oxygen atoms in total. The van der Waals surface area contributed by atoms with Gasteiger partial charge in [-0.05, 0) is 26.8 Å². The number of aromatic nitrogens is 1. The normalized spacial score (nSPS) is 33.5. The summed E-state index contributed by atoms with van der Waals surface area (Å²) in [4.78, 5) is 15.2. The maximum atomic E-state index is 12.9. The number of rotatable bonds is 3. The minimum atomic E-state index is -4.63. The Morgan fingerprint density at radius 1 is 1.27 bits per heavy atom. The number of pyridine rings is 1. The Balaban J connectivity index is 1.91.